The van der Waals surface area contributed by atoms with Crippen molar-refractivity contribution in [2.24, 2.45) is 0 Å². The van der Waals surface area contributed by atoms with Gasteiger partial charge in [0.15, 0.2) is 16.0 Å². The highest BCUT2D eigenvalue weighted by Gasteiger charge is 2.15. The third-order valence-electron chi connectivity index (χ3n) is 3.62. The third-order valence-corrected chi connectivity index (χ3v) is 4.87. The Balaban J connectivity index is 1.66. The molecule has 4 rings (SSSR count). The van der Waals surface area contributed by atoms with Crippen LogP contribution in [0.3, 0.4) is 0 Å². The molecule has 0 fully saturated rings. The zero-order chi connectivity index (χ0) is 18.3. The van der Waals surface area contributed by atoms with Gasteiger partial charge in [0, 0.05) is 5.69 Å². The number of amides is 1. The van der Waals surface area contributed by atoms with Gasteiger partial charge in [-0.25, -0.2) is 4.98 Å². The van der Waals surface area contributed by atoms with Crippen molar-refractivity contribution in [2.45, 2.75) is 0 Å². The van der Waals surface area contributed by atoms with Crippen LogP contribution in [0, 0.1) is 0 Å². The Morgan fingerprint density at radius 1 is 1.08 bits per heavy atom. The number of furan rings is 1. The van der Waals surface area contributed by atoms with Gasteiger partial charge in [-0.2, -0.15) is 0 Å². The molecule has 0 atom stereocenters. The third kappa shape index (κ3) is 3.23. The molecule has 26 heavy (non-hydrogen) atoms. The lowest BCUT2D eigenvalue weighted by Gasteiger charge is -2.02. The Morgan fingerprint density at radius 3 is 2.69 bits per heavy atom. The number of carbonyl (C=O) groups is 1. The molecule has 2 aromatic heterocycles. The van der Waals surface area contributed by atoms with Crippen LogP contribution in [0.5, 0.6) is 0 Å². The number of rotatable bonds is 3. The number of halogens is 3. The molecule has 0 saturated carbocycles. The molecule has 0 unspecified atom stereocenters. The Labute approximate surface area is 166 Å². The molecule has 1 amide bonds. The van der Waals surface area contributed by atoms with E-state index in [-0.39, 0.29) is 11.7 Å². The van der Waals surface area contributed by atoms with Crippen molar-refractivity contribution in [3.05, 3.63) is 69.0 Å². The van der Waals surface area contributed by atoms with Gasteiger partial charge in [-0.3, -0.25) is 4.79 Å². The number of anilines is 1. The molecule has 0 aliphatic carbocycles. The molecule has 2 heterocycles. The smallest absolute Gasteiger partial charge is 0.291 e. The topological polar surface area (TPSA) is 68.3 Å². The van der Waals surface area contributed by atoms with Crippen LogP contribution in [0.2, 0.25) is 10.0 Å². The van der Waals surface area contributed by atoms with Gasteiger partial charge < -0.3 is 14.2 Å². The van der Waals surface area contributed by atoms with Crippen molar-refractivity contribution in [3.63, 3.8) is 0 Å². The first-order valence-electron chi connectivity index (χ1n) is 7.43. The Kier molecular flexibility index (Phi) is 4.48. The van der Waals surface area contributed by atoms with Crippen LogP contribution in [0.1, 0.15) is 10.6 Å². The lowest BCUT2D eigenvalue weighted by molar-refractivity contribution is 0.0995. The fraction of sp³-hybridized carbons (Fsp3) is 0. The second-order valence-electron chi connectivity index (χ2n) is 5.36. The summed E-state index contributed by atoms with van der Waals surface area (Å²) in [5.74, 6) is 0.186. The second-order valence-corrected chi connectivity index (χ2v) is 6.93. The van der Waals surface area contributed by atoms with Crippen LogP contribution < -0.4 is 5.32 Å². The van der Waals surface area contributed by atoms with E-state index in [1.807, 2.05) is 0 Å². The van der Waals surface area contributed by atoms with Crippen LogP contribution in [-0.4, -0.2) is 10.9 Å². The molecule has 0 bridgehead atoms. The van der Waals surface area contributed by atoms with Crippen LogP contribution in [0.25, 0.3) is 22.6 Å². The molecular weight excluding hydrogens is 443 g/mol. The summed E-state index contributed by atoms with van der Waals surface area (Å²) < 4.78 is 11.5. The summed E-state index contributed by atoms with van der Waals surface area (Å²) in [7, 11) is 0. The van der Waals surface area contributed by atoms with Gasteiger partial charge in [-0.05, 0) is 58.4 Å². The van der Waals surface area contributed by atoms with Crippen LogP contribution in [0.15, 0.2) is 62.0 Å². The number of oxazole rings is 1. The largest absolute Gasteiger partial charge is 0.444 e. The number of aromatic nitrogens is 1. The van der Waals surface area contributed by atoms with E-state index in [9.17, 15) is 4.79 Å². The summed E-state index contributed by atoms with van der Waals surface area (Å²) in [4.78, 5) is 16.6. The highest BCUT2D eigenvalue weighted by Crippen LogP contribution is 2.34. The maximum Gasteiger partial charge on any atom is 0.291 e. The number of hydrogen-bond donors (Lipinski definition) is 1. The quantitative estimate of drug-likeness (QED) is 0.390. The van der Waals surface area contributed by atoms with E-state index in [4.69, 9.17) is 32.0 Å². The summed E-state index contributed by atoms with van der Waals surface area (Å²) in [6.07, 6.45) is 0. The van der Waals surface area contributed by atoms with Crippen LogP contribution >= 0.6 is 39.1 Å². The number of benzene rings is 2. The van der Waals surface area contributed by atoms with Crippen molar-refractivity contribution in [2.75, 3.05) is 5.32 Å². The van der Waals surface area contributed by atoms with Gasteiger partial charge in [0.2, 0.25) is 5.89 Å². The van der Waals surface area contributed by atoms with Gasteiger partial charge in [0.05, 0.1) is 15.6 Å². The van der Waals surface area contributed by atoms with Gasteiger partial charge >= 0.3 is 0 Å². The molecule has 0 spiro atoms. The molecule has 5 nitrogen and oxygen atoms in total. The summed E-state index contributed by atoms with van der Waals surface area (Å²) >= 11 is 15.4. The van der Waals surface area contributed by atoms with Crippen LogP contribution in [-0.2, 0) is 0 Å². The van der Waals surface area contributed by atoms with Crippen molar-refractivity contribution in [1.29, 1.82) is 0 Å². The van der Waals surface area contributed by atoms with Crippen molar-refractivity contribution >= 4 is 61.8 Å². The Bertz CT molecular complexity index is 1140. The molecule has 0 radical (unpaired) electrons. The number of nitrogens with zero attached hydrogens (tertiary/aromatic N) is 1. The first kappa shape index (κ1) is 17.1. The van der Waals surface area contributed by atoms with E-state index in [0.717, 1.165) is 0 Å². The molecule has 2 aromatic carbocycles. The minimum absolute atomic E-state index is 0.198. The van der Waals surface area contributed by atoms with E-state index in [2.05, 4.69) is 26.2 Å². The average Bonchev–Trinajstić information content (AvgIpc) is 3.23. The minimum Gasteiger partial charge on any atom is -0.444 e. The van der Waals surface area contributed by atoms with E-state index in [0.29, 0.717) is 43.0 Å². The van der Waals surface area contributed by atoms with E-state index in [1.54, 1.807) is 48.5 Å². The van der Waals surface area contributed by atoms with Crippen molar-refractivity contribution in [3.8, 4) is 11.5 Å². The molecule has 130 valence electrons. The first-order chi connectivity index (χ1) is 12.5. The summed E-state index contributed by atoms with van der Waals surface area (Å²) in [5.41, 5.74) is 2.30. The lowest BCUT2D eigenvalue weighted by Crippen LogP contribution is -2.10. The fourth-order valence-corrected chi connectivity index (χ4v) is 3.11. The normalized spacial score (nSPS) is 11.0. The average molecular weight is 452 g/mol. The summed E-state index contributed by atoms with van der Waals surface area (Å²) in [6.45, 7) is 0. The van der Waals surface area contributed by atoms with Crippen molar-refractivity contribution in [1.82, 2.24) is 4.98 Å². The predicted molar refractivity (Wildman–Crippen MR) is 104 cm³/mol. The van der Waals surface area contributed by atoms with E-state index in [1.165, 1.54) is 0 Å². The predicted octanol–water partition coefficient (Wildman–Crippen LogP) is 6.41. The molecule has 4 aromatic rings. The molecule has 0 saturated heterocycles. The zero-order valence-corrected chi connectivity index (χ0v) is 16.0. The molecule has 1 N–H and O–H groups in total. The van der Waals surface area contributed by atoms with E-state index < -0.39 is 0 Å². The number of hydrogen-bond acceptors (Lipinski definition) is 4. The van der Waals surface area contributed by atoms with Crippen LogP contribution in [0.4, 0.5) is 5.69 Å². The fourth-order valence-electron chi connectivity index (χ4n) is 2.42. The van der Waals surface area contributed by atoms with Crippen molar-refractivity contribution < 1.29 is 13.6 Å². The Morgan fingerprint density at radius 2 is 1.92 bits per heavy atom. The molecule has 0 aliphatic heterocycles. The monoisotopic (exact) mass is 450 g/mol. The van der Waals surface area contributed by atoms with Gasteiger partial charge in [-0.1, -0.05) is 29.3 Å². The SMILES string of the molecule is O=C(Nc1ccc2oc(-c3cccc(Cl)c3Cl)nc2c1)c1ccc(Br)o1. The first-order valence-corrected chi connectivity index (χ1v) is 8.98. The van der Waals surface area contributed by atoms with Gasteiger partial charge in [-0.15, -0.1) is 0 Å². The van der Waals surface area contributed by atoms with Gasteiger partial charge in [0.1, 0.15) is 5.52 Å². The molecular formula is C18H9BrCl2N2O3. The summed E-state index contributed by atoms with van der Waals surface area (Å²) in [6, 6.07) is 13.6. The summed E-state index contributed by atoms with van der Waals surface area (Å²) in [5, 5.41) is 3.54. The van der Waals surface area contributed by atoms with Gasteiger partial charge in [0.25, 0.3) is 5.91 Å². The standard InChI is InChI=1S/C18H9BrCl2N2O3/c19-15-7-6-14(25-15)17(24)22-9-4-5-13-12(8-9)23-18(26-13)10-2-1-3-11(20)16(10)21/h1-8H,(H,22,24). The molecule has 8 heteroatoms. The lowest BCUT2D eigenvalue weighted by atomic mass is 10.2. The maximum absolute atomic E-state index is 12.2. The maximum atomic E-state index is 12.2. The molecule has 0 aliphatic rings. The minimum atomic E-state index is -0.364. The zero-order valence-electron chi connectivity index (χ0n) is 12.9. The second kappa shape index (κ2) is 6.79. The highest BCUT2D eigenvalue weighted by atomic mass is 79.9. The highest BCUT2D eigenvalue weighted by molar-refractivity contribution is 9.10. The number of carbonyl (C=O) groups excluding carboxylic acids is 1. The van der Waals surface area contributed by atoms with E-state index >= 15 is 0 Å². The number of nitrogens with one attached hydrogen (secondary N) is 1. The number of fused-ring (bicyclic) bond motifs is 1. The Hall–Kier alpha value is -2.28.